The van der Waals surface area contributed by atoms with E-state index in [1.165, 1.54) is 24.0 Å². The average Bonchev–Trinajstić information content (AvgIpc) is 3.09. The fourth-order valence-electron chi connectivity index (χ4n) is 2.07. The number of thiazole rings is 1. The number of aromatic nitrogens is 1. The minimum absolute atomic E-state index is 0.481. The van der Waals surface area contributed by atoms with Crippen LogP contribution in [0.5, 0.6) is 0 Å². The average molecular weight is 274 g/mol. The number of rotatable bonds is 3. The third-order valence-corrected chi connectivity index (χ3v) is 4.69. The molecule has 1 heterocycles. The highest BCUT2D eigenvalue weighted by Crippen LogP contribution is 2.44. The highest BCUT2D eigenvalue weighted by molar-refractivity contribution is 7.81. The van der Waals surface area contributed by atoms with Gasteiger partial charge in [-0.2, -0.15) is 0 Å². The molecule has 1 saturated carbocycles. The van der Waals surface area contributed by atoms with Crippen LogP contribution >= 0.6 is 23.6 Å². The van der Waals surface area contributed by atoms with Crippen molar-refractivity contribution in [2.75, 3.05) is 0 Å². The van der Waals surface area contributed by atoms with Crippen LogP contribution in [0.2, 0.25) is 0 Å². The van der Waals surface area contributed by atoms with Crippen LogP contribution in [0.25, 0.3) is 10.6 Å². The number of hydrogen-bond acceptors (Lipinski definition) is 3. The van der Waals surface area contributed by atoms with Gasteiger partial charge in [-0.25, -0.2) is 4.98 Å². The van der Waals surface area contributed by atoms with E-state index in [-0.39, 0.29) is 0 Å². The van der Waals surface area contributed by atoms with Crippen molar-refractivity contribution in [1.29, 1.82) is 0 Å². The number of thiocarbonyl (C=S) groups is 1. The topological polar surface area (TPSA) is 38.9 Å². The first kappa shape index (κ1) is 11.8. The molecule has 0 atom stereocenters. The largest absolute Gasteiger partial charge is 0.389 e. The molecule has 3 rings (SSSR count). The van der Waals surface area contributed by atoms with Gasteiger partial charge in [-0.15, -0.1) is 11.3 Å². The molecule has 0 radical (unpaired) electrons. The third kappa shape index (κ3) is 2.06. The monoisotopic (exact) mass is 274 g/mol. The van der Waals surface area contributed by atoms with Gasteiger partial charge in [0.15, 0.2) is 0 Å². The lowest BCUT2D eigenvalue weighted by Gasteiger charge is -2.00. The molecule has 2 aromatic rings. The maximum Gasteiger partial charge on any atom is 0.124 e. The first-order valence-corrected chi connectivity index (χ1v) is 7.26. The predicted molar refractivity (Wildman–Crippen MR) is 80.1 cm³/mol. The highest BCUT2D eigenvalue weighted by Gasteiger charge is 2.30. The summed E-state index contributed by atoms with van der Waals surface area (Å²) in [6.07, 6.45) is 2.43. The van der Waals surface area contributed by atoms with Gasteiger partial charge < -0.3 is 5.73 Å². The molecule has 0 unspecified atom stereocenters. The molecule has 1 fully saturated rings. The van der Waals surface area contributed by atoms with Crippen molar-refractivity contribution in [2.24, 2.45) is 5.73 Å². The van der Waals surface area contributed by atoms with E-state index < -0.39 is 0 Å². The Hall–Kier alpha value is -1.26. The Morgan fingerprint density at radius 1 is 1.39 bits per heavy atom. The van der Waals surface area contributed by atoms with Crippen LogP contribution in [0, 0.1) is 6.92 Å². The Morgan fingerprint density at radius 3 is 2.72 bits per heavy atom. The number of benzene rings is 1. The molecule has 0 saturated heterocycles. The Balaban J connectivity index is 2.11. The smallest absolute Gasteiger partial charge is 0.124 e. The van der Waals surface area contributed by atoms with Crippen LogP contribution < -0.4 is 5.73 Å². The molecular weight excluding hydrogens is 260 g/mol. The van der Waals surface area contributed by atoms with Crippen LogP contribution in [0.4, 0.5) is 0 Å². The van der Waals surface area contributed by atoms with Gasteiger partial charge in [0.1, 0.15) is 10.00 Å². The summed E-state index contributed by atoms with van der Waals surface area (Å²) in [5.41, 5.74) is 9.35. The van der Waals surface area contributed by atoms with E-state index in [0.29, 0.717) is 10.9 Å². The Kier molecular flexibility index (Phi) is 2.92. The van der Waals surface area contributed by atoms with E-state index in [4.69, 9.17) is 22.9 Å². The molecule has 1 aliphatic rings. The van der Waals surface area contributed by atoms with E-state index >= 15 is 0 Å². The summed E-state index contributed by atoms with van der Waals surface area (Å²) < 4.78 is 0. The van der Waals surface area contributed by atoms with Crippen molar-refractivity contribution in [3.8, 4) is 10.6 Å². The van der Waals surface area contributed by atoms with Gasteiger partial charge in [0.25, 0.3) is 0 Å². The van der Waals surface area contributed by atoms with Gasteiger partial charge in [0.2, 0.25) is 0 Å². The zero-order valence-electron chi connectivity index (χ0n) is 10.1. The summed E-state index contributed by atoms with van der Waals surface area (Å²) in [5, 5.41) is 1.04. The fraction of sp³-hybridized carbons (Fsp3) is 0.286. The molecule has 2 nitrogen and oxygen atoms in total. The van der Waals surface area contributed by atoms with E-state index in [9.17, 15) is 0 Å². The SMILES string of the molecule is Cc1ccccc1-c1nc(C2CC2)c(C(N)=S)s1. The van der Waals surface area contributed by atoms with Gasteiger partial charge in [-0.1, -0.05) is 36.5 Å². The van der Waals surface area contributed by atoms with Crippen molar-refractivity contribution in [1.82, 2.24) is 4.98 Å². The molecule has 1 aliphatic carbocycles. The van der Waals surface area contributed by atoms with E-state index in [1.54, 1.807) is 11.3 Å². The van der Waals surface area contributed by atoms with Gasteiger partial charge in [-0.05, 0) is 25.3 Å². The predicted octanol–water partition coefficient (Wildman–Crippen LogP) is 3.63. The van der Waals surface area contributed by atoms with Gasteiger partial charge in [0, 0.05) is 11.5 Å². The minimum atomic E-state index is 0.481. The zero-order chi connectivity index (χ0) is 12.7. The second-order valence-electron chi connectivity index (χ2n) is 4.69. The molecule has 0 spiro atoms. The molecule has 18 heavy (non-hydrogen) atoms. The van der Waals surface area contributed by atoms with E-state index in [2.05, 4.69) is 19.1 Å². The number of nitrogens with zero attached hydrogens (tertiary/aromatic N) is 1. The summed E-state index contributed by atoms with van der Waals surface area (Å²) in [6.45, 7) is 2.11. The van der Waals surface area contributed by atoms with Crippen molar-refractivity contribution in [3.63, 3.8) is 0 Å². The van der Waals surface area contributed by atoms with Crippen molar-refractivity contribution in [3.05, 3.63) is 40.4 Å². The maximum absolute atomic E-state index is 5.81. The zero-order valence-corrected chi connectivity index (χ0v) is 11.8. The molecule has 1 aromatic heterocycles. The summed E-state index contributed by atoms with van der Waals surface area (Å²) in [5.74, 6) is 0.579. The van der Waals surface area contributed by atoms with Crippen LogP contribution in [-0.2, 0) is 0 Å². The molecule has 4 heteroatoms. The van der Waals surface area contributed by atoms with Crippen LogP contribution in [0.3, 0.4) is 0 Å². The van der Waals surface area contributed by atoms with Crippen molar-refractivity contribution < 1.29 is 0 Å². The van der Waals surface area contributed by atoms with Crippen LogP contribution in [0.15, 0.2) is 24.3 Å². The van der Waals surface area contributed by atoms with Gasteiger partial charge in [-0.3, -0.25) is 0 Å². The second kappa shape index (κ2) is 4.44. The van der Waals surface area contributed by atoms with Gasteiger partial charge >= 0.3 is 0 Å². The molecule has 0 bridgehead atoms. The number of nitrogens with two attached hydrogens (primary N) is 1. The molecule has 0 aliphatic heterocycles. The van der Waals surface area contributed by atoms with Crippen molar-refractivity contribution >= 4 is 28.5 Å². The molecule has 1 aromatic carbocycles. The molecule has 92 valence electrons. The van der Waals surface area contributed by atoms with E-state index in [0.717, 1.165) is 15.6 Å². The maximum atomic E-state index is 5.81. The molecule has 0 amide bonds. The minimum Gasteiger partial charge on any atom is -0.389 e. The quantitative estimate of drug-likeness (QED) is 0.869. The van der Waals surface area contributed by atoms with Gasteiger partial charge in [0.05, 0.1) is 10.6 Å². The highest BCUT2D eigenvalue weighted by atomic mass is 32.1. The lowest BCUT2D eigenvalue weighted by Crippen LogP contribution is -2.09. The van der Waals surface area contributed by atoms with Crippen molar-refractivity contribution in [2.45, 2.75) is 25.7 Å². The first-order valence-electron chi connectivity index (χ1n) is 6.03. The van der Waals surface area contributed by atoms with E-state index in [1.807, 2.05) is 12.1 Å². The number of hydrogen-bond donors (Lipinski definition) is 1. The summed E-state index contributed by atoms with van der Waals surface area (Å²) >= 11 is 6.77. The molecule has 2 N–H and O–H groups in total. The Labute approximate surface area is 116 Å². The summed E-state index contributed by atoms with van der Waals surface area (Å²) in [7, 11) is 0. The van der Waals surface area contributed by atoms with Crippen LogP contribution in [0.1, 0.15) is 34.9 Å². The normalized spacial score (nSPS) is 14.7. The van der Waals surface area contributed by atoms with Crippen LogP contribution in [-0.4, -0.2) is 9.97 Å². The molecular formula is C14H14N2S2. The number of aryl methyl sites for hydroxylation is 1. The summed E-state index contributed by atoms with van der Waals surface area (Å²) in [4.78, 5) is 6.26. The lowest BCUT2D eigenvalue weighted by molar-refractivity contribution is 1.05. The second-order valence-corrected chi connectivity index (χ2v) is 6.13. The summed E-state index contributed by atoms with van der Waals surface area (Å²) in [6, 6.07) is 8.30. The Morgan fingerprint density at radius 2 is 2.11 bits per heavy atom. The standard InChI is InChI=1S/C14H14N2S2/c1-8-4-2-3-5-10(8)14-16-11(9-6-7-9)12(18-14)13(15)17/h2-5,9H,6-7H2,1H3,(H2,15,17). The Bertz CT molecular complexity index is 612. The lowest BCUT2D eigenvalue weighted by atomic mass is 10.1. The fourth-order valence-corrected chi connectivity index (χ4v) is 3.39. The first-order chi connectivity index (χ1) is 8.66. The third-order valence-electron chi connectivity index (χ3n) is 3.22.